The van der Waals surface area contributed by atoms with Crippen molar-refractivity contribution in [1.82, 2.24) is 14.7 Å². The number of benzene rings is 1. The first-order chi connectivity index (χ1) is 10.6. The monoisotopic (exact) mass is 300 g/mol. The van der Waals surface area contributed by atoms with Gasteiger partial charge in [0.1, 0.15) is 6.10 Å². The topological polar surface area (TPSA) is 50.6 Å². The quantitative estimate of drug-likeness (QED) is 0.846. The number of likely N-dealkylation sites (N-methyl/N-ethyl adjacent to an activating group) is 1. The van der Waals surface area contributed by atoms with Gasteiger partial charge in [0, 0.05) is 37.6 Å². The molecule has 1 aromatic carbocycles. The van der Waals surface area contributed by atoms with Gasteiger partial charge < -0.3 is 4.74 Å². The zero-order chi connectivity index (χ0) is 15.5. The molecule has 0 unspecified atom stereocenters. The molecule has 1 aromatic heterocycles. The predicted molar refractivity (Wildman–Crippen MR) is 83.6 cm³/mol. The third-order valence-corrected chi connectivity index (χ3v) is 3.67. The highest BCUT2D eigenvalue weighted by Crippen LogP contribution is 2.21. The zero-order valence-electron chi connectivity index (χ0n) is 12.8. The average molecular weight is 300 g/mol. The molecule has 0 spiro atoms. The Balaban J connectivity index is 1.57. The van der Waals surface area contributed by atoms with Crippen LogP contribution in [0.5, 0.6) is 0 Å². The minimum atomic E-state index is -0.272. The maximum absolute atomic E-state index is 12.0. The molecule has 0 saturated carbocycles. The Morgan fingerprint density at radius 2 is 2.14 bits per heavy atom. The third kappa shape index (κ3) is 3.28. The van der Waals surface area contributed by atoms with Crippen molar-refractivity contribution in [2.45, 2.75) is 12.6 Å². The van der Waals surface area contributed by atoms with Gasteiger partial charge in [-0.3, -0.25) is 14.5 Å². The van der Waals surface area contributed by atoms with Gasteiger partial charge in [0.25, 0.3) is 0 Å². The highest BCUT2D eigenvalue weighted by molar-refractivity contribution is 5.89. The number of para-hydroxylation sites is 1. The van der Waals surface area contributed by atoms with E-state index in [0.717, 1.165) is 17.8 Å². The van der Waals surface area contributed by atoms with Gasteiger partial charge in [-0.25, -0.2) is 4.79 Å². The van der Waals surface area contributed by atoms with Gasteiger partial charge in [-0.05, 0) is 19.2 Å². The lowest BCUT2D eigenvalue weighted by Gasteiger charge is -2.19. The van der Waals surface area contributed by atoms with Crippen LogP contribution in [0.1, 0.15) is 5.56 Å². The second-order valence-corrected chi connectivity index (χ2v) is 5.67. The van der Waals surface area contributed by atoms with Crippen LogP contribution in [-0.4, -0.2) is 47.0 Å². The van der Waals surface area contributed by atoms with Gasteiger partial charge in [0.2, 0.25) is 0 Å². The van der Waals surface area contributed by atoms with Gasteiger partial charge in [0.15, 0.2) is 0 Å². The lowest BCUT2D eigenvalue weighted by molar-refractivity contribution is 0.115. The standard InChI is InChI=1S/C16H20N4O2/c1-18(9-13-8-17-19(2)10-13)11-15-12-20(16(21)22-15)14-6-4-3-5-7-14/h3-8,10,15H,9,11-12H2,1-2H3/t15-/m0/s1. The number of carbonyl (C=O) groups excluding carboxylic acids is 1. The van der Waals surface area contributed by atoms with E-state index in [0.29, 0.717) is 13.1 Å². The van der Waals surface area contributed by atoms with Gasteiger partial charge in [-0.2, -0.15) is 5.10 Å². The molecule has 1 amide bonds. The number of rotatable bonds is 5. The Bertz CT molecular complexity index is 641. The molecule has 2 aromatic rings. The van der Waals surface area contributed by atoms with Crippen LogP contribution in [0.2, 0.25) is 0 Å². The number of hydrogen-bond donors (Lipinski definition) is 0. The number of hydrogen-bond acceptors (Lipinski definition) is 4. The predicted octanol–water partition coefficient (Wildman–Crippen LogP) is 1.88. The van der Waals surface area contributed by atoms with E-state index in [4.69, 9.17) is 4.74 Å². The molecule has 1 aliphatic heterocycles. The highest BCUT2D eigenvalue weighted by Gasteiger charge is 2.32. The number of amides is 1. The van der Waals surface area contributed by atoms with Crippen molar-refractivity contribution < 1.29 is 9.53 Å². The van der Waals surface area contributed by atoms with Crippen LogP contribution in [0.15, 0.2) is 42.7 Å². The summed E-state index contributed by atoms with van der Waals surface area (Å²) < 4.78 is 7.25. The van der Waals surface area contributed by atoms with Gasteiger partial charge >= 0.3 is 6.09 Å². The first kappa shape index (κ1) is 14.6. The molecule has 1 aliphatic rings. The normalized spacial score (nSPS) is 18.0. The van der Waals surface area contributed by atoms with E-state index in [1.807, 2.05) is 56.8 Å². The largest absolute Gasteiger partial charge is 0.443 e. The Labute approximate surface area is 129 Å². The molecular weight excluding hydrogens is 280 g/mol. The van der Waals surface area contributed by atoms with Crippen molar-refractivity contribution in [3.8, 4) is 0 Å². The second kappa shape index (κ2) is 6.19. The van der Waals surface area contributed by atoms with Crippen LogP contribution in [0.4, 0.5) is 10.5 Å². The van der Waals surface area contributed by atoms with E-state index in [1.165, 1.54) is 0 Å². The number of anilines is 1. The summed E-state index contributed by atoms with van der Waals surface area (Å²) in [5.41, 5.74) is 2.03. The second-order valence-electron chi connectivity index (χ2n) is 5.67. The molecule has 6 nitrogen and oxygen atoms in total. The van der Waals surface area contributed by atoms with E-state index in [1.54, 1.807) is 9.58 Å². The molecular formula is C16H20N4O2. The molecule has 116 valence electrons. The number of cyclic esters (lactones) is 1. The maximum atomic E-state index is 12.0. The van der Waals surface area contributed by atoms with Crippen LogP contribution in [-0.2, 0) is 18.3 Å². The Morgan fingerprint density at radius 3 is 2.82 bits per heavy atom. The van der Waals surface area contributed by atoms with Crippen LogP contribution in [0.3, 0.4) is 0 Å². The van der Waals surface area contributed by atoms with Crippen LogP contribution < -0.4 is 4.90 Å². The molecule has 0 N–H and O–H groups in total. The highest BCUT2D eigenvalue weighted by atomic mass is 16.6. The van der Waals surface area contributed by atoms with Gasteiger partial charge in [-0.15, -0.1) is 0 Å². The average Bonchev–Trinajstić information content (AvgIpc) is 3.05. The molecule has 1 fully saturated rings. The minimum Gasteiger partial charge on any atom is -0.443 e. The summed E-state index contributed by atoms with van der Waals surface area (Å²) in [5, 5.41) is 4.16. The Morgan fingerprint density at radius 1 is 1.36 bits per heavy atom. The lowest BCUT2D eigenvalue weighted by Crippen LogP contribution is -2.32. The van der Waals surface area contributed by atoms with Crippen LogP contribution in [0.25, 0.3) is 0 Å². The van der Waals surface area contributed by atoms with Crippen molar-refractivity contribution in [2.75, 3.05) is 25.0 Å². The number of nitrogens with zero attached hydrogens (tertiary/aromatic N) is 4. The SMILES string of the molecule is CN(Cc1cnn(C)c1)C[C@H]1CN(c2ccccc2)C(=O)O1. The van der Waals surface area contributed by atoms with Gasteiger partial charge in [0.05, 0.1) is 12.7 Å². The Kier molecular flexibility index (Phi) is 4.11. The molecule has 1 atom stereocenters. The fraction of sp³-hybridized carbons (Fsp3) is 0.375. The first-order valence-corrected chi connectivity index (χ1v) is 7.31. The van der Waals surface area contributed by atoms with Crippen molar-refractivity contribution in [2.24, 2.45) is 7.05 Å². The van der Waals surface area contributed by atoms with E-state index >= 15 is 0 Å². The lowest BCUT2D eigenvalue weighted by atomic mass is 10.2. The van der Waals surface area contributed by atoms with Crippen molar-refractivity contribution in [1.29, 1.82) is 0 Å². The van der Waals surface area contributed by atoms with Crippen molar-refractivity contribution in [3.05, 3.63) is 48.3 Å². The molecule has 2 heterocycles. The molecule has 0 radical (unpaired) electrons. The number of aryl methyl sites for hydroxylation is 1. The van der Waals surface area contributed by atoms with Crippen molar-refractivity contribution in [3.63, 3.8) is 0 Å². The summed E-state index contributed by atoms with van der Waals surface area (Å²) in [6, 6.07) is 9.62. The van der Waals surface area contributed by atoms with E-state index in [-0.39, 0.29) is 12.2 Å². The molecule has 6 heteroatoms. The summed E-state index contributed by atoms with van der Waals surface area (Å²) in [6.07, 6.45) is 3.46. The summed E-state index contributed by atoms with van der Waals surface area (Å²) in [4.78, 5) is 15.8. The fourth-order valence-corrected chi connectivity index (χ4v) is 2.71. The van der Waals surface area contributed by atoms with E-state index < -0.39 is 0 Å². The molecule has 0 aliphatic carbocycles. The fourth-order valence-electron chi connectivity index (χ4n) is 2.71. The number of ether oxygens (including phenoxy) is 1. The molecule has 22 heavy (non-hydrogen) atoms. The van der Waals surface area contributed by atoms with Crippen LogP contribution in [0, 0.1) is 0 Å². The minimum absolute atomic E-state index is 0.116. The molecule has 1 saturated heterocycles. The van der Waals surface area contributed by atoms with Crippen LogP contribution >= 0.6 is 0 Å². The van der Waals surface area contributed by atoms with Gasteiger partial charge in [-0.1, -0.05) is 18.2 Å². The van der Waals surface area contributed by atoms with E-state index in [9.17, 15) is 4.79 Å². The summed E-state index contributed by atoms with van der Waals surface area (Å²) in [7, 11) is 3.92. The summed E-state index contributed by atoms with van der Waals surface area (Å²) >= 11 is 0. The molecule has 0 bridgehead atoms. The maximum Gasteiger partial charge on any atom is 0.414 e. The number of carbonyl (C=O) groups is 1. The van der Waals surface area contributed by atoms with Crippen molar-refractivity contribution >= 4 is 11.8 Å². The Hall–Kier alpha value is -2.34. The smallest absolute Gasteiger partial charge is 0.414 e. The zero-order valence-corrected chi connectivity index (χ0v) is 12.8. The van der Waals surface area contributed by atoms with E-state index in [2.05, 4.69) is 10.00 Å². The summed E-state index contributed by atoms with van der Waals surface area (Å²) in [6.45, 7) is 2.07. The summed E-state index contributed by atoms with van der Waals surface area (Å²) in [5.74, 6) is 0. The third-order valence-electron chi connectivity index (χ3n) is 3.67. The number of aromatic nitrogens is 2. The molecule has 3 rings (SSSR count). The first-order valence-electron chi connectivity index (χ1n) is 7.31.